The molecule has 48 heavy (non-hydrogen) atoms. The average Bonchev–Trinajstić information content (AvgIpc) is 3.53. The van der Waals surface area contributed by atoms with E-state index in [-0.39, 0.29) is 18.6 Å². The number of nitrogens with zero attached hydrogens (tertiary/aromatic N) is 9. The maximum absolute atomic E-state index is 13.9. The topological polar surface area (TPSA) is 153 Å². The van der Waals surface area contributed by atoms with Gasteiger partial charge in [0.15, 0.2) is 23.6 Å². The van der Waals surface area contributed by atoms with Gasteiger partial charge in [-0.1, -0.05) is 35.5 Å². The monoisotopic (exact) mass is 644 g/mol. The van der Waals surface area contributed by atoms with E-state index in [1.54, 1.807) is 10.9 Å². The van der Waals surface area contributed by atoms with Gasteiger partial charge in [-0.15, -0.1) is 5.10 Å². The van der Waals surface area contributed by atoms with Gasteiger partial charge in [0, 0.05) is 42.5 Å². The standard InChI is InChI=1S/C35H36N10O3/c1-22-32-28(15-29(24-11-12-24)39-34(32)45(41-22)31-6-2-3-13-36-31)35(47)38-26-5-4-14-43(17-26)18-27-19-44(42-40-27)16-23-7-9-25(10-8-23)33-30(20-46)37-21-48-33/h2-3,6-10,13,15,19,21,24,26,46H,4-5,11-12,14,16-18,20H2,1H3,(H,38,47). The van der Waals surface area contributed by atoms with Crippen molar-refractivity contribution < 1.29 is 14.3 Å². The van der Waals surface area contributed by atoms with Gasteiger partial charge in [0.25, 0.3) is 5.91 Å². The average molecular weight is 645 g/mol. The van der Waals surface area contributed by atoms with E-state index in [1.165, 1.54) is 6.39 Å². The molecule has 8 rings (SSSR count). The third-order valence-electron chi connectivity index (χ3n) is 9.10. The Hall–Kier alpha value is -5.27. The van der Waals surface area contributed by atoms with Gasteiger partial charge < -0.3 is 14.8 Å². The molecule has 13 heteroatoms. The lowest BCUT2D eigenvalue weighted by atomic mass is 10.0. The molecule has 1 aromatic carbocycles. The van der Waals surface area contributed by atoms with E-state index in [0.29, 0.717) is 47.5 Å². The molecule has 244 valence electrons. The SMILES string of the molecule is Cc1nn(-c2ccccn2)c2nc(C3CC3)cc(C(=O)NC3CCCN(Cc4cn(Cc5ccc(-c6ocnc6CO)cc5)nn4)C3)c12. The highest BCUT2D eigenvalue weighted by molar-refractivity contribution is 6.07. The summed E-state index contributed by atoms with van der Waals surface area (Å²) in [5.41, 5.74) is 6.33. The summed E-state index contributed by atoms with van der Waals surface area (Å²) in [6.45, 7) is 4.64. The summed E-state index contributed by atoms with van der Waals surface area (Å²) in [5, 5.41) is 27.1. The molecule has 1 unspecified atom stereocenters. The van der Waals surface area contributed by atoms with E-state index < -0.39 is 0 Å². The molecule has 13 nitrogen and oxygen atoms in total. The number of hydrogen-bond acceptors (Lipinski definition) is 10. The predicted molar refractivity (Wildman–Crippen MR) is 176 cm³/mol. The summed E-state index contributed by atoms with van der Waals surface area (Å²) < 4.78 is 9.03. The number of oxazole rings is 1. The van der Waals surface area contributed by atoms with E-state index in [0.717, 1.165) is 72.4 Å². The number of pyridine rings is 2. The molecular weight excluding hydrogens is 608 g/mol. The fraction of sp³-hybridized carbons (Fsp3) is 0.343. The molecule has 1 atom stereocenters. The Kier molecular flexibility index (Phi) is 7.98. The molecule has 0 radical (unpaired) electrons. The highest BCUT2D eigenvalue weighted by atomic mass is 16.3. The smallest absolute Gasteiger partial charge is 0.252 e. The fourth-order valence-corrected chi connectivity index (χ4v) is 6.58. The normalized spacial score (nSPS) is 16.8. The van der Waals surface area contributed by atoms with Crippen molar-refractivity contribution in [1.29, 1.82) is 0 Å². The number of rotatable bonds is 10. The Morgan fingerprint density at radius 2 is 1.96 bits per heavy atom. The first kappa shape index (κ1) is 30.1. The van der Waals surface area contributed by atoms with Crippen molar-refractivity contribution in [2.24, 2.45) is 0 Å². The number of likely N-dealkylation sites (tertiary alicyclic amines) is 1. The number of aryl methyl sites for hydroxylation is 1. The number of nitrogens with one attached hydrogen (secondary N) is 1. The minimum absolute atomic E-state index is 0.00857. The summed E-state index contributed by atoms with van der Waals surface area (Å²) in [6.07, 6.45) is 9.11. The number of benzene rings is 1. The van der Waals surface area contributed by atoms with Gasteiger partial charge in [-0.2, -0.15) is 9.78 Å². The maximum atomic E-state index is 13.9. The van der Waals surface area contributed by atoms with Crippen molar-refractivity contribution in [2.45, 2.75) is 64.3 Å². The number of aliphatic hydroxyl groups excluding tert-OH is 1. The van der Waals surface area contributed by atoms with Crippen molar-refractivity contribution in [1.82, 2.24) is 49.9 Å². The van der Waals surface area contributed by atoms with Crippen LogP contribution in [0.4, 0.5) is 0 Å². The van der Waals surface area contributed by atoms with Gasteiger partial charge in [0.2, 0.25) is 0 Å². The summed E-state index contributed by atoms with van der Waals surface area (Å²) in [4.78, 5) is 29.8. The van der Waals surface area contributed by atoms with Crippen LogP contribution in [-0.2, 0) is 19.7 Å². The van der Waals surface area contributed by atoms with Crippen LogP contribution in [0.25, 0.3) is 28.2 Å². The summed E-state index contributed by atoms with van der Waals surface area (Å²) in [6, 6.07) is 15.6. The second-order valence-electron chi connectivity index (χ2n) is 12.7. The van der Waals surface area contributed by atoms with Gasteiger partial charge in [0.1, 0.15) is 5.69 Å². The lowest BCUT2D eigenvalue weighted by Gasteiger charge is -2.32. The number of hydrogen-bond donors (Lipinski definition) is 2. The van der Waals surface area contributed by atoms with E-state index in [4.69, 9.17) is 14.5 Å². The van der Waals surface area contributed by atoms with Gasteiger partial charge in [-0.25, -0.2) is 19.6 Å². The van der Waals surface area contributed by atoms with Crippen LogP contribution in [-0.4, -0.2) is 74.8 Å². The number of carbonyl (C=O) groups excluding carboxylic acids is 1. The first-order valence-corrected chi connectivity index (χ1v) is 16.4. The van der Waals surface area contributed by atoms with Crippen LogP contribution in [0.1, 0.15) is 70.3 Å². The third-order valence-corrected chi connectivity index (χ3v) is 9.10. The predicted octanol–water partition coefficient (Wildman–Crippen LogP) is 4.18. The molecule has 2 aliphatic rings. The number of amides is 1. The first-order chi connectivity index (χ1) is 23.5. The summed E-state index contributed by atoms with van der Waals surface area (Å²) in [7, 11) is 0. The lowest BCUT2D eigenvalue weighted by molar-refractivity contribution is 0.0901. The van der Waals surface area contributed by atoms with Crippen LogP contribution in [0.3, 0.4) is 0 Å². The quantitative estimate of drug-likeness (QED) is 0.222. The van der Waals surface area contributed by atoms with Crippen molar-refractivity contribution in [3.05, 3.63) is 101 Å². The Bertz CT molecular complexity index is 2060. The Balaban J connectivity index is 0.933. The Morgan fingerprint density at radius 1 is 1.08 bits per heavy atom. The molecule has 0 spiro atoms. The number of aliphatic hydroxyl groups is 1. The van der Waals surface area contributed by atoms with Crippen molar-refractivity contribution in [3.63, 3.8) is 0 Å². The zero-order valence-electron chi connectivity index (χ0n) is 26.7. The van der Waals surface area contributed by atoms with Gasteiger partial charge >= 0.3 is 0 Å². The van der Waals surface area contributed by atoms with Gasteiger partial charge in [0.05, 0.1) is 41.7 Å². The summed E-state index contributed by atoms with van der Waals surface area (Å²) >= 11 is 0. The van der Waals surface area contributed by atoms with Crippen LogP contribution < -0.4 is 5.32 Å². The molecule has 2 N–H and O–H groups in total. The highest BCUT2D eigenvalue weighted by Crippen LogP contribution is 2.40. The molecular formula is C35H36N10O3. The zero-order chi connectivity index (χ0) is 32.6. The second kappa shape index (κ2) is 12.7. The molecule has 2 fully saturated rings. The molecule has 6 heterocycles. The van der Waals surface area contributed by atoms with Gasteiger partial charge in [-0.3, -0.25) is 9.69 Å². The highest BCUT2D eigenvalue weighted by Gasteiger charge is 2.30. The summed E-state index contributed by atoms with van der Waals surface area (Å²) in [5.74, 6) is 1.55. The van der Waals surface area contributed by atoms with E-state index in [2.05, 4.69) is 30.5 Å². The second-order valence-corrected chi connectivity index (χ2v) is 12.7. The molecule has 6 aromatic rings. The molecule has 0 bridgehead atoms. The van der Waals surface area contributed by atoms with E-state index in [9.17, 15) is 9.90 Å². The van der Waals surface area contributed by atoms with Crippen LogP contribution >= 0.6 is 0 Å². The number of piperidine rings is 1. The molecule has 1 aliphatic carbocycles. The lowest BCUT2D eigenvalue weighted by Crippen LogP contribution is -2.47. The number of fused-ring (bicyclic) bond motifs is 1. The minimum Gasteiger partial charge on any atom is -0.443 e. The molecule has 1 aliphatic heterocycles. The molecule has 5 aromatic heterocycles. The van der Waals surface area contributed by atoms with E-state index >= 15 is 0 Å². The van der Waals surface area contributed by atoms with Crippen molar-refractivity contribution in [2.75, 3.05) is 13.1 Å². The van der Waals surface area contributed by atoms with Crippen LogP contribution in [0, 0.1) is 6.92 Å². The largest absolute Gasteiger partial charge is 0.443 e. The fourth-order valence-electron chi connectivity index (χ4n) is 6.58. The van der Waals surface area contributed by atoms with Crippen LogP contribution in [0.5, 0.6) is 0 Å². The molecule has 1 amide bonds. The minimum atomic E-state index is -0.172. The zero-order valence-corrected chi connectivity index (χ0v) is 26.7. The number of aromatic nitrogens is 8. The van der Waals surface area contributed by atoms with Crippen LogP contribution in [0.15, 0.2) is 71.7 Å². The Morgan fingerprint density at radius 3 is 2.75 bits per heavy atom. The maximum Gasteiger partial charge on any atom is 0.252 e. The van der Waals surface area contributed by atoms with E-state index in [1.807, 2.05) is 66.3 Å². The van der Waals surface area contributed by atoms with Crippen molar-refractivity contribution in [3.8, 4) is 17.1 Å². The first-order valence-electron chi connectivity index (χ1n) is 16.4. The Labute approximate surface area is 276 Å². The number of carbonyl (C=O) groups is 1. The third kappa shape index (κ3) is 6.09. The molecule has 1 saturated carbocycles. The molecule has 1 saturated heterocycles. The van der Waals surface area contributed by atoms with Crippen molar-refractivity contribution >= 4 is 16.9 Å². The van der Waals surface area contributed by atoms with Gasteiger partial charge in [-0.05, 0) is 62.9 Å². The van der Waals surface area contributed by atoms with Crippen LogP contribution in [0.2, 0.25) is 0 Å².